The average molecular weight is 502 g/mol. The van der Waals surface area contributed by atoms with Crippen LogP contribution in [0, 0.1) is 3.57 Å². The molecule has 0 atom stereocenters. The number of benzene rings is 2. The topological polar surface area (TPSA) is 42.3 Å². The van der Waals surface area contributed by atoms with Crippen molar-refractivity contribution in [2.45, 2.75) is 26.4 Å². The van der Waals surface area contributed by atoms with Gasteiger partial charge in [0.2, 0.25) is 0 Å². The Morgan fingerprint density at radius 3 is 2.50 bits per heavy atom. The van der Waals surface area contributed by atoms with Crippen molar-refractivity contribution in [3.05, 3.63) is 74.3 Å². The predicted octanol–water partition coefficient (Wildman–Crippen LogP) is 6.06. The number of imide groups is 1. The number of hydrogen-bond acceptors (Lipinski definition) is 3. The quantitative estimate of drug-likeness (QED) is 0.322. The molecule has 0 spiro atoms. The third-order valence-corrected chi connectivity index (χ3v) is 6.37. The molecule has 3 aromatic rings. The fourth-order valence-electron chi connectivity index (χ4n) is 3.32. The lowest BCUT2D eigenvalue weighted by atomic mass is 10.1. The molecule has 142 valence electrons. The third-order valence-electron chi connectivity index (χ3n) is 4.74. The van der Waals surface area contributed by atoms with E-state index < -0.39 is 0 Å². The first-order valence-electron chi connectivity index (χ1n) is 9.03. The van der Waals surface area contributed by atoms with E-state index in [1.54, 1.807) is 0 Å². The highest BCUT2D eigenvalue weighted by atomic mass is 127. The van der Waals surface area contributed by atoms with Gasteiger partial charge in [-0.05, 0) is 78.0 Å². The van der Waals surface area contributed by atoms with E-state index in [1.165, 1.54) is 4.90 Å². The maximum atomic E-state index is 12.9. The van der Waals surface area contributed by atoms with Gasteiger partial charge < -0.3 is 4.57 Å². The van der Waals surface area contributed by atoms with Crippen LogP contribution in [-0.2, 0) is 11.3 Å². The van der Waals surface area contributed by atoms with Gasteiger partial charge in [-0.3, -0.25) is 14.5 Å². The number of aromatic nitrogens is 1. The number of rotatable bonds is 4. The largest absolute Gasteiger partial charge is 0.344 e. The summed E-state index contributed by atoms with van der Waals surface area (Å²) in [5.41, 5.74) is 3.03. The first-order chi connectivity index (χ1) is 13.4. The van der Waals surface area contributed by atoms with Crippen LogP contribution in [0.15, 0.2) is 59.6 Å². The molecule has 2 heterocycles. The molecule has 0 saturated carbocycles. The predicted molar refractivity (Wildman–Crippen MR) is 123 cm³/mol. The Hall–Kier alpha value is -2.06. The van der Waals surface area contributed by atoms with Crippen molar-refractivity contribution in [1.29, 1.82) is 0 Å². The van der Waals surface area contributed by atoms with Crippen molar-refractivity contribution in [3.8, 4) is 0 Å². The lowest BCUT2D eigenvalue weighted by Gasteiger charge is -2.12. The molecule has 0 radical (unpaired) electrons. The number of hydrogen-bond donors (Lipinski definition) is 0. The second kappa shape index (κ2) is 7.75. The van der Waals surface area contributed by atoms with E-state index in [0.717, 1.165) is 37.4 Å². The summed E-state index contributed by atoms with van der Waals surface area (Å²) < 4.78 is 3.31. The lowest BCUT2D eigenvalue weighted by molar-refractivity contribution is -0.123. The number of carbonyl (C=O) groups excluding carboxylic acids is 2. The molecular weight excluding hydrogens is 483 g/mol. The Morgan fingerprint density at radius 2 is 1.79 bits per heavy atom. The second-order valence-electron chi connectivity index (χ2n) is 7.00. The van der Waals surface area contributed by atoms with Crippen LogP contribution in [0.25, 0.3) is 17.0 Å². The Labute approximate surface area is 181 Å². The van der Waals surface area contributed by atoms with Crippen LogP contribution in [-0.4, -0.2) is 20.6 Å². The van der Waals surface area contributed by atoms with Gasteiger partial charge in [0, 0.05) is 32.3 Å². The molecule has 0 N–H and O–H groups in total. The van der Waals surface area contributed by atoms with Crippen LogP contribution in [0.3, 0.4) is 0 Å². The van der Waals surface area contributed by atoms with E-state index in [-0.39, 0.29) is 11.1 Å². The summed E-state index contributed by atoms with van der Waals surface area (Å²) >= 11 is 3.25. The van der Waals surface area contributed by atoms with Crippen molar-refractivity contribution >= 4 is 62.5 Å². The Kier molecular flexibility index (Phi) is 5.33. The molecular formula is C22H19IN2O2S. The molecule has 6 heteroatoms. The number of carbonyl (C=O) groups is 2. The van der Waals surface area contributed by atoms with Crippen LogP contribution in [0.4, 0.5) is 4.79 Å². The number of fused-ring (bicyclic) bond motifs is 1. The maximum Gasteiger partial charge on any atom is 0.293 e. The third kappa shape index (κ3) is 3.63. The van der Waals surface area contributed by atoms with Gasteiger partial charge in [-0.1, -0.05) is 30.3 Å². The summed E-state index contributed by atoms with van der Waals surface area (Å²) in [6.45, 7) is 4.56. The number of para-hydroxylation sites is 1. The SMILES string of the molecule is CC(C)n1cc(/C=C2\SC(=O)N(Cc3ccc(I)cc3)C2=O)c2ccccc21. The first-order valence-corrected chi connectivity index (χ1v) is 10.9. The van der Waals surface area contributed by atoms with Crippen molar-refractivity contribution in [3.63, 3.8) is 0 Å². The molecule has 1 saturated heterocycles. The summed E-state index contributed by atoms with van der Waals surface area (Å²) in [7, 11) is 0. The molecule has 0 aliphatic carbocycles. The zero-order valence-electron chi connectivity index (χ0n) is 15.6. The molecule has 1 fully saturated rings. The first kappa shape index (κ1) is 19.3. The second-order valence-corrected chi connectivity index (χ2v) is 9.24. The van der Waals surface area contributed by atoms with E-state index in [2.05, 4.69) is 59.3 Å². The van der Waals surface area contributed by atoms with Gasteiger partial charge in [-0.15, -0.1) is 0 Å². The van der Waals surface area contributed by atoms with Crippen molar-refractivity contribution in [1.82, 2.24) is 9.47 Å². The van der Waals surface area contributed by atoms with Gasteiger partial charge in [-0.2, -0.15) is 0 Å². The molecule has 4 nitrogen and oxygen atoms in total. The number of thioether (sulfide) groups is 1. The van der Waals surface area contributed by atoms with Crippen LogP contribution in [0.5, 0.6) is 0 Å². The summed E-state index contributed by atoms with van der Waals surface area (Å²) in [6, 6.07) is 16.3. The summed E-state index contributed by atoms with van der Waals surface area (Å²) in [6.07, 6.45) is 3.91. The van der Waals surface area contributed by atoms with Crippen LogP contribution < -0.4 is 0 Å². The summed E-state index contributed by atoms with van der Waals surface area (Å²) in [5, 5.41) is 0.864. The maximum absolute atomic E-state index is 12.9. The van der Waals surface area contributed by atoms with Gasteiger partial charge in [0.05, 0.1) is 11.4 Å². The van der Waals surface area contributed by atoms with E-state index >= 15 is 0 Å². The van der Waals surface area contributed by atoms with Crippen molar-refractivity contribution in [2.24, 2.45) is 0 Å². The number of halogens is 1. The molecule has 28 heavy (non-hydrogen) atoms. The van der Waals surface area contributed by atoms with E-state index in [1.807, 2.05) is 42.5 Å². The lowest BCUT2D eigenvalue weighted by Crippen LogP contribution is -2.27. The Morgan fingerprint density at radius 1 is 1.07 bits per heavy atom. The summed E-state index contributed by atoms with van der Waals surface area (Å²) in [4.78, 5) is 27.1. The highest BCUT2D eigenvalue weighted by Crippen LogP contribution is 2.35. The molecule has 0 unspecified atom stereocenters. The van der Waals surface area contributed by atoms with E-state index in [9.17, 15) is 9.59 Å². The number of amides is 2. The highest BCUT2D eigenvalue weighted by Gasteiger charge is 2.35. The highest BCUT2D eigenvalue weighted by molar-refractivity contribution is 14.1. The van der Waals surface area contributed by atoms with Gasteiger partial charge in [-0.25, -0.2) is 0 Å². The Bertz CT molecular complexity index is 1100. The minimum absolute atomic E-state index is 0.220. The van der Waals surface area contributed by atoms with Gasteiger partial charge in [0.15, 0.2) is 0 Å². The minimum atomic E-state index is -0.227. The summed E-state index contributed by atoms with van der Waals surface area (Å²) in [5.74, 6) is -0.227. The minimum Gasteiger partial charge on any atom is -0.344 e. The van der Waals surface area contributed by atoms with Crippen molar-refractivity contribution in [2.75, 3.05) is 0 Å². The molecule has 2 aromatic carbocycles. The zero-order valence-corrected chi connectivity index (χ0v) is 18.5. The molecule has 1 aliphatic heterocycles. The van der Waals surface area contributed by atoms with Crippen LogP contribution in [0.1, 0.15) is 31.0 Å². The molecule has 0 bridgehead atoms. The fraction of sp³-hybridized carbons (Fsp3) is 0.182. The number of nitrogens with zero attached hydrogens (tertiary/aromatic N) is 2. The van der Waals surface area contributed by atoms with E-state index in [0.29, 0.717) is 17.5 Å². The fourth-order valence-corrected chi connectivity index (χ4v) is 4.51. The van der Waals surface area contributed by atoms with E-state index in [4.69, 9.17) is 0 Å². The van der Waals surface area contributed by atoms with Crippen LogP contribution in [0.2, 0.25) is 0 Å². The average Bonchev–Trinajstić information content (AvgIpc) is 3.17. The smallest absolute Gasteiger partial charge is 0.293 e. The van der Waals surface area contributed by atoms with Gasteiger partial charge in [0.25, 0.3) is 11.1 Å². The molecule has 1 aromatic heterocycles. The van der Waals surface area contributed by atoms with Gasteiger partial charge in [0.1, 0.15) is 0 Å². The zero-order chi connectivity index (χ0) is 19.8. The molecule has 4 rings (SSSR count). The van der Waals surface area contributed by atoms with Gasteiger partial charge >= 0.3 is 0 Å². The Balaban J connectivity index is 1.66. The van der Waals surface area contributed by atoms with Crippen LogP contribution >= 0.6 is 34.4 Å². The molecule has 2 amide bonds. The standard InChI is InChI=1S/C22H19IN2O2S/c1-14(2)24-13-16(18-5-3-4-6-19(18)24)11-20-21(26)25(22(27)28-20)12-15-7-9-17(23)10-8-15/h3-11,13-14H,12H2,1-2H3/b20-11-. The normalized spacial score (nSPS) is 16.1. The monoisotopic (exact) mass is 502 g/mol. The van der Waals surface area contributed by atoms with Crippen molar-refractivity contribution < 1.29 is 9.59 Å². The molecule has 1 aliphatic rings.